The Hall–Kier alpha value is -6.88. The number of aliphatic hydroxyl groups is 1. The van der Waals surface area contributed by atoms with Crippen molar-refractivity contribution in [3.8, 4) is 0 Å². The SMILES string of the molecule is CO[C@@H](Cc1ccccc1)[C@@H](C)/C=C(C)/C=C/C1NC(=O)C(CCCN=C(N)N)NC(=O)[C@@H](C)C(C(=O)O)NC(=O)[C@H](CC(C)C)NC(=O)[C@@H](C)NC(=O)C(CO)NC(=O)CC[C@H](C(=O)O)NC(=O)[C@H]1C. The van der Waals surface area contributed by atoms with E-state index in [0.717, 1.165) is 5.56 Å². The molecule has 0 aliphatic carbocycles. The zero-order chi connectivity index (χ0) is 53.5. The van der Waals surface area contributed by atoms with Crippen LogP contribution in [-0.4, -0.2) is 143 Å². The van der Waals surface area contributed by atoms with Crippen molar-refractivity contribution in [3.05, 3.63) is 59.7 Å². The van der Waals surface area contributed by atoms with E-state index in [0.29, 0.717) is 12.0 Å². The zero-order valence-corrected chi connectivity index (χ0v) is 41.7. The third-order valence-corrected chi connectivity index (χ3v) is 11.8. The van der Waals surface area contributed by atoms with Gasteiger partial charge < -0.3 is 68.7 Å². The fraction of sp³-hybridized carbons (Fsp3) is 0.583. The molecule has 394 valence electrons. The van der Waals surface area contributed by atoms with Crippen LogP contribution in [0.15, 0.2) is 59.1 Å². The van der Waals surface area contributed by atoms with Crippen LogP contribution in [0.4, 0.5) is 0 Å². The maximum atomic E-state index is 14.4. The van der Waals surface area contributed by atoms with Gasteiger partial charge in [-0.25, -0.2) is 9.59 Å². The molecule has 1 heterocycles. The summed E-state index contributed by atoms with van der Waals surface area (Å²) < 4.78 is 5.80. The Morgan fingerprint density at radius 1 is 0.775 bits per heavy atom. The lowest BCUT2D eigenvalue weighted by molar-refractivity contribution is -0.146. The van der Waals surface area contributed by atoms with Crippen LogP contribution in [0.3, 0.4) is 0 Å². The normalized spacial score (nSPS) is 26.2. The molecule has 11 atom stereocenters. The summed E-state index contributed by atoms with van der Waals surface area (Å²) in [5, 5.41) is 47.5. The van der Waals surface area contributed by atoms with E-state index in [1.165, 1.54) is 26.8 Å². The van der Waals surface area contributed by atoms with Gasteiger partial charge in [0.25, 0.3) is 0 Å². The van der Waals surface area contributed by atoms with Gasteiger partial charge >= 0.3 is 11.9 Å². The molecule has 4 unspecified atom stereocenters. The quantitative estimate of drug-likeness (QED) is 0.0414. The maximum Gasteiger partial charge on any atom is 0.327 e. The highest BCUT2D eigenvalue weighted by molar-refractivity contribution is 5.97. The van der Waals surface area contributed by atoms with Crippen LogP contribution in [0.2, 0.25) is 0 Å². The number of carbonyl (C=O) groups is 9. The molecule has 0 aromatic heterocycles. The number of aliphatic carboxylic acids is 2. The number of carboxylic acid groups (broad SMARTS) is 2. The van der Waals surface area contributed by atoms with E-state index in [-0.39, 0.29) is 49.7 Å². The summed E-state index contributed by atoms with van der Waals surface area (Å²) in [5.74, 6) is -13.0. The van der Waals surface area contributed by atoms with E-state index in [4.69, 9.17) is 16.2 Å². The highest BCUT2D eigenvalue weighted by Gasteiger charge is 2.37. The second-order valence-corrected chi connectivity index (χ2v) is 18.2. The highest BCUT2D eigenvalue weighted by Crippen LogP contribution is 2.19. The number of nitrogens with two attached hydrogens (primary N) is 2. The molecule has 0 bridgehead atoms. The zero-order valence-electron chi connectivity index (χ0n) is 41.7. The molecule has 1 aromatic rings. The molecule has 1 aliphatic heterocycles. The largest absolute Gasteiger partial charge is 0.480 e. The number of carboxylic acids is 2. The Morgan fingerprint density at radius 2 is 1.38 bits per heavy atom. The van der Waals surface area contributed by atoms with Crippen molar-refractivity contribution in [2.24, 2.45) is 40.1 Å². The van der Waals surface area contributed by atoms with Crippen LogP contribution in [0.25, 0.3) is 0 Å². The summed E-state index contributed by atoms with van der Waals surface area (Å²) in [5.41, 5.74) is 12.8. The van der Waals surface area contributed by atoms with Crippen molar-refractivity contribution in [1.82, 2.24) is 37.2 Å². The first-order valence-corrected chi connectivity index (χ1v) is 23.6. The second kappa shape index (κ2) is 30.0. The molecule has 23 heteroatoms. The topological polar surface area (TPSA) is 372 Å². The van der Waals surface area contributed by atoms with Gasteiger partial charge in [0.2, 0.25) is 41.4 Å². The van der Waals surface area contributed by atoms with Gasteiger partial charge in [0.05, 0.1) is 30.6 Å². The monoisotopic (exact) mass is 999 g/mol. The number of methoxy groups -OCH3 is 1. The number of aliphatic hydroxyl groups excluding tert-OH is 1. The minimum absolute atomic E-state index is 0.0163. The molecule has 71 heavy (non-hydrogen) atoms. The van der Waals surface area contributed by atoms with Gasteiger partial charge in [0.15, 0.2) is 5.96 Å². The number of allylic oxidation sites excluding steroid dienone is 2. The van der Waals surface area contributed by atoms with Crippen LogP contribution in [-0.2, 0) is 54.3 Å². The van der Waals surface area contributed by atoms with Crippen molar-refractivity contribution >= 4 is 59.2 Å². The lowest BCUT2D eigenvalue weighted by Crippen LogP contribution is -2.59. The first-order valence-electron chi connectivity index (χ1n) is 23.6. The van der Waals surface area contributed by atoms with Gasteiger partial charge in [-0.2, -0.15) is 0 Å². The van der Waals surface area contributed by atoms with Crippen molar-refractivity contribution in [2.75, 3.05) is 20.3 Å². The van der Waals surface area contributed by atoms with E-state index in [9.17, 15) is 58.5 Å². The van der Waals surface area contributed by atoms with Gasteiger partial charge in [-0.05, 0) is 57.4 Å². The number of hydrogen-bond acceptors (Lipinski definition) is 12. The van der Waals surface area contributed by atoms with Crippen molar-refractivity contribution in [2.45, 2.75) is 135 Å². The first kappa shape index (κ1) is 60.2. The smallest absolute Gasteiger partial charge is 0.327 e. The Balaban J connectivity index is 2.72. The number of benzene rings is 1. The number of aliphatic imine (C=N–C) groups is 1. The number of nitrogens with zero attached hydrogens (tertiary/aromatic N) is 1. The predicted molar refractivity (Wildman–Crippen MR) is 261 cm³/mol. The molecule has 0 spiro atoms. The third-order valence-electron chi connectivity index (χ3n) is 11.8. The fourth-order valence-electron chi connectivity index (χ4n) is 7.49. The number of hydrogen-bond donors (Lipinski definition) is 12. The van der Waals surface area contributed by atoms with Crippen LogP contribution in [0.1, 0.15) is 86.1 Å². The molecule has 1 saturated heterocycles. The summed E-state index contributed by atoms with van der Waals surface area (Å²) in [6.45, 7) is 10.2. The summed E-state index contributed by atoms with van der Waals surface area (Å²) >= 11 is 0. The second-order valence-electron chi connectivity index (χ2n) is 18.2. The maximum absolute atomic E-state index is 14.4. The van der Waals surface area contributed by atoms with E-state index < -0.39 is 127 Å². The standard InChI is InChI=1S/C48H74N10O13/c1-25(2)21-35-44(65)58-39(47(69)70)29(6)41(62)55-33(15-12-20-51-48(49)50)43(64)54-32(17-16-26(3)22-27(4)37(71-8)23-31-13-10-9-11-14-31)28(5)40(61)56-34(46(67)68)18-19-38(60)53-36(24-59)45(66)52-30(7)42(63)57-35/h9-11,13-14,16-17,22,25,27-30,32-37,39,59H,12,15,18-21,23-24H2,1-8H3,(H,52,66)(H,53,60)(H,54,64)(H,55,62)(H,56,61)(H,57,63)(H,58,65)(H,67,68)(H,69,70)(H4,49,50,51)/b17-16+,26-22+/t27-,28-,29-,30+,32?,33?,34+,35-,36?,37-,39?/m0/s1. The number of guanidine groups is 1. The van der Waals surface area contributed by atoms with Gasteiger partial charge in [0.1, 0.15) is 36.3 Å². The Bertz CT molecular complexity index is 2100. The highest BCUT2D eigenvalue weighted by atomic mass is 16.5. The van der Waals surface area contributed by atoms with Gasteiger partial charge in [-0.1, -0.05) is 88.8 Å². The number of nitrogens with one attached hydrogen (secondary N) is 7. The summed E-state index contributed by atoms with van der Waals surface area (Å²) in [4.78, 5) is 125. The van der Waals surface area contributed by atoms with Gasteiger partial charge in [-0.3, -0.25) is 38.6 Å². The minimum atomic E-state index is -1.90. The number of rotatable bonds is 16. The number of carbonyl (C=O) groups excluding carboxylic acids is 7. The van der Waals surface area contributed by atoms with E-state index in [1.807, 2.05) is 43.3 Å². The first-order chi connectivity index (χ1) is 33.4. The number of amides is 7. The molecular weight excluding hydrogens is 925 g/mol. The van der Waals surface area contributed by atoms with Gasteiger partial charge in [0, 0.05) is 26.0 Å². The molecular formula is C48H74N10O13. The average Bonchev–Trinajstić information content (AvgIpc) is 3.30. The van der Waals surface area contributed by atoms with Crippen LogP contribution in [0.5, 0.6) is 0 Å². The van der Waals surface area contributed by atoms with Crippen molar-refractivity contribution in [3.63, 3.8) is 0 Å². The van der Waals surface area contributed by atoms with Crippen LogP contribution < -0.4 is 48.7 Å². The summed E-state index contributed by atoms with van der Waals surface area (Å²) in [6, 6.07) is -0.796. The lowest BCUT2D eigenvalue weighted by atomic mass is 9.94. The molecule has 7 amide bonds. The lowest BCUT2D eigenvalue weighted by Gasteiger charge is -2.28. The predicted octanol–water partition coefficient (Wildman–Crippen LogP) is -0.877. The van der Waals surface area contributed by atoms with Crippen molar-refractivity contribution < 1.29 is 63.2 Å². The summed E-state index contributed by atoms with van der Waals surface area (Å²) in [6.07, 6.45) is 4.43. The molecule has 1 aliphatic rings. The Labute approximate surface area is 414 Å². The van der Waals surface area contributed by atoms with Crippen molar-refractivity contribution in [1.29, 1.82) is 0 Å². The molecule has 0 radical (unpaired) electrons. The van der Waals surface area contributed by atoms with E-state index in [1.54, 1.807) is 34.0 Å². The molecule has 1 fully saturated rings. The van der Waals surface area contributed by atoms with Crippen LogP contribution in [0, 0.1) is 23.7 Å². The van der Waals surface area contributed by atoms with E-state index in [2.05, 4.69) is 42.2 Å². The van der Waals surface area contributed by atoms with Gasteiger partial charge in [-0.15, -0.1) is 0 Å². The molecule has 0 saturated carbocycles. The molecule has 2 rings (SSSR count). The summed E-state index contributed by atoms with van der Waals surface area (Å²) in [7, 11) is 1.60. The fourth-order valence-corrected chi connectivity index (χ4v) is 7.49. The van der Waals surface area contributed by atoms with Crippen LogP contribution >= 0.6 is 0 Å². The average molecular weight is 999 g/mol. The molecule has 1 aromatic carbocycles. The van der Waals surface area contributed by atoms with E-state index >= 15 is 0 Å². The molecule has 14 N–H and O–H groups in total. The Morgan fingerprint density at radius 3 is 1.96 bits per heavy atom. The molecule has 23 nitrogen and oxygen atoms in total. The minimum Gasteiger partial charge on any atom is -0.480 e. The Kier molecular flexibility index (Phi) is 25.4. The third kappa shape index (κ3) is 20.9. The number of ether oxygens (including phenoxy) is 1.